The number of hydrogen-bond donors (Lipinski definition) is 0. The summed E-state index contributed by atoms with van der Waals surface area (Å²) >= 11 is 0. The largest absolute Gasteiger partial charge is 0.463 e. The predicted molar refractivity (Wildman–Crippen MR) is 82.1 cm³/mol. The van der Waals surface area contributed by atoms with E-state index >= 15 is 0 Å². The molecule has 0 N–H and O–H groups in total. The van der Waals surface area contributed by atoms with E-state index in [0.717, 1.165) is 0 Å². The van der Waals surface area contributed by atoms with Gasteiger partial charge in [0.25, 0.3) is 0 Å². The van der Waals surface area contributed by atoms with Crippen molar-refractivity contribution < 1.29 is 18.3 Å². The minimum absolute atomic E-state index is 0.0750. The second kappa shape index (κ2) is 5.72. The van der Waals surface area contributed by atoms with Crippen LogP contribution in [0, 0.1) is 12.7 Å². The van der Waals surface area contributed by atoms with E-state index in [0.29, 0.717) is 16.8 Å². The Morgan fingerprint density at radius 1 is 1.30 bits per heavy atom. The van der Waals surface area contributed by atoms with Gasteiger partial charge in [0.05, 0.1) is 19.2 Å². The maximum Gasteiger partial charge on any atom is 0.373 e. The van der Waals surface area contributed by atoms with Crippen LogP contribution >= 0.6 is 0 Å². The number of hydrogen-bond acceptors (Lipinski definition) is 4. The zero-order valence-corrected chi connectivity index (χ0v) is 12.6. The number of ether oxygens (including phenoxy) is 1. The Morgan fingerprint density at radius 3 is 2.83 bits per heavy atom. The van der Waals surface area contributed by atoms with Crippen LogP contribution in [0.5, 0.6) is 0 Å². The first-order valence-electron chi connectivity index (χ1n) is 6.97. The summed E-state index contributed by atoms with van der Waals surface area (Å²) in [7, 11) is 1.26. The summed E-state index contributed by atoms with van der Waals surface area (Å²) in [4.78, 5) is 23.5. The summed E-state index contributed by atoms with van der Waals surface area (Å²) in [6.45, 7) is 1.91. The summed E-state index contributed by atoms with van der Waals surface area (Å²) in [5, 5.41) is 0.301. The van der Waals surface area contributed by atoms with Gasteiger partial charge in [-0.3, -0.25) is 4.79 Å². The summed E-state index contributed by atoms with van der Waals surface area (Å²) in [6.07, 6.45) is 0. The van der Waals surface area contributed by atoms with Crippen molar-refractivity contribution >= 4 is 16.9 Å². The van der Waals surface area contributed by atoms with Crippen molar-refractivity contribution in [2.45, 2.75) is 13.5 Å². The highest BCUT2D eigenvalue weighted by molar-refractivity contribution is 5.86. The molecule has 0 aliphatic carbocycles. The number of fused-ring (bicyclic) bond motifs is 1. The summed E-state index contributed by atoms with van der Waals surface area (Å²) in [5.41, 5.74) is 0.583. The third-order valence-corrected chi connectivity index (χ3v) is 3.65. The molecule has 3 aromatic rings. The number of rotatable bonds is 3. The van der Waals surface area contributed by atoms with E-state index in [-0.39, 0.29) is 23.3 Å². The Hall–Kier alpha value is -2.89. The molecule has 1 aromatic carbocycles. The van der Waals surface area contributed by atoms with Gasteiger partial charge in [-0.05, 0) is 31.2 Å². The van der Waals surface area contributed by atoms with Crippen molar-refractivity contribution in [2.24, 2.45) is 0 Å². The molecule has 2 heterocycles. The van der Waals surface area contributed by atoms with Crippen LogP contribution in [-0.2, 0) is 11.3 Å². The molecule has 23 heavy (non-hydrogen) atoms. The Bertz CT molecular complexity index is 955. The highest BCUT2D eigenvalue weighted by Gasteiger charge is 2.15. The van der Waals surface area contributed by atoms with Gasteiger partial charge < -0.3 is 13.7 Å². The van der Waals surface area contributed by atoms with E-state index in [1.54, 1.807) is 23.6 Å². The highest BCUT2D eigenvalue weighted by Crippen LogP contribution is 2.19. The van der Waals surface area contributed by atoms with Crippen molar-refractivity contribution in [2.75, 3.05) is 7.11 Å². The topological polar surface area (TPSA) is 61.4 Å². The van der Waals surface area contributed by atoms with Crippen molar-refractivity contribution in [1.82, 2.24) is 4.57 Å². The minimum atomic E-state index is -0.580. The van der Waals surface area contributed by atoms with E-state index in [2.05, 4.69) is 4.74 Å². The first kappa shape index (κ1) is 15.0. The minimum Gasteiger partial charge on any atom is -0.463 e. The number of furan rings is 1. The van der Waals surface area contributed by atoms with Crippen LogP contribution in [0.1, 0.15) is 22.0 Å². The standard InChI is InChI=1S/C17H14FNO4/c1-10-8-14(20)12-4-3-5-13(18)16(12)19(10)9-11-6-7-15(23-11)17(21)22-2/h3-8H,9H2,1-2H3. The lowest BCUT2D eigenvalue weighted by Crippen LogP contribution is -2.13. The highest BCUT2D eigenvalue weighted by atomic mass is 19.1. The van der Waals surface area contributed by atoms with Gasteiger partial charge in [0.1, 0.15) is 11.6 Å². The molecule has 0 fully saturated rings. The monoisotopic (exact) mass is 315 g/mol. The summed E-state index contributed by atoms with van der Waals surface area (Å²) in [6, 6.07) is 8.96. The van der Waals surface area contributed by atoms with E-state index in [9.17, 15) is 14.0 Å². The second-order valence-electron chi connectivity index (χ2n) is 5.13. The predicted octanol–water partition coefficient (Wildman–Crippen LogP) is 2.88. The van der Waals surface area contributed by atoms with Crippen LogP contribution in [0.4, 0.5) is 4.39 Å². The summed E-state index contributed by atoms with van der Waals surface area (Å²) in [5.74, 6) is -0.528. The fourth-order valence-electron chi connectivity index (χ4n) is 2.54. The molecule has 0 saturated heterocycles. The quantitative estimate of drug-likeness (QED) is 0.697. The Kier molecular flexibility index (Phi) is 3.73. The number of benzene rings is 1. The number of aryl methyl sites for hydroxylation is 1. The molecule has 0 bridgehead atoms. The number of carbonyl (C=O) groups excluding carboxylic acids is 1. The lowest BCUT2D eigenvalue weighted by Gasteiger charge is -2.13. The smallest absolute Gasteiger partial charge is 0.373 e. The average molecular weight is 315 g/mol. The van der Waals surface area contributed by atoms with Crippen LogP contribution in [0.25, 0.3) is 10.9 Å². The molecule has 5 nitrogen and oxygen atoms in total. The Morgan fingerprint density at radius 2 is 2.09 bits per heavy atom. The maximum atomic E-state index is 14.2. The van der Waals surface area contributed by atoms with Crippen LogP contribution in [0.3, 0.4) is 0 Å². The van der Waals surface area contributed by atoms with E-state index in [4.69, 9.17) is 4.42 Å². The zero-order valence-electron chi connectivity index (χ0n) is 12.6. The number of para-hydroxylation sites is 1. The molecule has 0 atom stereocenters. The number of halogens is 1. The number of pyridine rings is 1. The van der Waals surface area contributed by atoms with E-state index < -0.39 is 11.8 Å². The molecule has 118 valence electrons. The molecular formula is C17H14FNO4. The normalized spacial score (nSPS) is 10.9. The SMILES string of the molecule is COC(=O)c1ccc(Cn2c(C)cc(=O)c3cccc(F)c32)o1. The van der Waals surface area contributed by atoms with Crippen molar-refractivity contribution in [3.05, 3.63) is 69.7 Å². The third kappa shape index (κ3) is 2.63. The van der Waals surface area contributed by atoms with Crippen LogP contribution in [0.2, 0.25) is 0 Å². The Labute approximate surface area is 130 Å². The lowest BCUT2D eigenvalue weighted by molar-refractivity contribution is 0.0563. The summed E-state index contributed by atoms with van der Waals surface area (Å²) < 4.78 is 25.9. The van der Waals surface area contributed by atoms with Gasteiger partial charge >= 0.3 is 5.97 Å². The van der Waals surface area contributed by atoms with Crippen molar-refractivity contribution in [3.8, 4) is 0 Å². The molecular weight excluding hydrogens is 301 g/mol. The number of methoxy groups -OCH3 is 1. The number of carbonyl (C=O) groups is 1. The number of aromatic nitrogens is 1. The van der Waals surface area contributed by atoms with Gasteiger partial charge in [-0.1, -0.05) is 6.07 Å². The first-order valence-corrected chi connectivity index (χ1v) is 6.97. The Balaban J connectivity index is 2.12. The number of esters is 1. The van der Waals surface area contributed by atoms with Crippen LogP contribution in [-0.4, -0.2) is 17.6 Å². The number of nitrogens with zero attached hydrogens (tertiary/aromatic N) is 1. The molecule has 0 unspecified atom stereocenters. The zero-order chi connectivity index (χ0) is 16.6. The van der Waals surface area contributed by atoms with Gasteiger partial charge in [0, 0.05) is 17.1 Å². The molecule has 0 spiro atoms. The molecule has 2 aromatic heterocycles. The average Bonchev–Trinajstić information content (AvgIpc) is 2.99. The van der Waals surface area contributed by atoms with E-state index in [1.165, 1.54) is 31.4 Å². The lowest BCUT2D eigenvalue weighted by atomic mass is 10.1. The molecule has 0 radical (unpaired) electrons. The van der Waals surface area contributed by atoms with Crippen LogP contribution in [0.15, 0.2) is 45.6 Å². The van der Waals surface area contributed by atoms with Gasteiger partial charge in [0.2, 0.25) is 5.76 Å². The first-order chi connectivity index (χ1) is 11.0. The van der Waals surface area contributed by atoms with Gasteiger partial charge in [0.15, 0.2) is 5.43 Å². The second-order valence-corrected chi connectivity index (χ2v) is 5.13. The van der Waals surface area contributed by atoms with Crippen molar-refractivity contribution in [3.63, 3.8) is 0 Å². The molecule has 0 aliphatic heterocycles. The fraction of sp³-hybridized carbons (Fsp3) is 0.176. The fourth-order valence-corrected chi connectivity index (χ4v) is 2.54. The molecule has 6 heteroatoms. The third-order valence-electron chi connectivity index (χ3n) is 3.65. The molecule has 3 rings (SSSR count). The van der Waals surface area contributed by atoms with Crippen LogP contribution < -0.4 is 5.43 Å². The maximum absolute atomic E-state index is 14.2. The molecule has 0 aliphatic rings. The molecule has 0 amide bonds. The van der Waals surface area contributed by atoms with Crippen molar-refractivity contribution in [1.29, 1.82) is 0 Å². The van der Waals surface area contributed by atoms with Gasteiger partial charge in [-0.2, -0.15) is 0 Å². The van der Waals surface area contributed by atoms with Gasteiger partial charge in [-0.25, -0.2) is 9.18 Å². The molecule has 0 saturated carbocycles. The van der Waals surface area contributed by atoms with Gasteiger partial charge in [-0.15, -0.1) is 0 Å². The van der Waals surface area contributed by atoms with E-state index in [1.807, 2.05) is 0 Å².